The Morgan fingerprint density at radius 2 is 2.03 bits per heavy atom. The third-order valence-corrected chi connectivity index (χ3v) is 4.85. The van der Waals surface area contributed by atoms with Crippen LogP contribution in [0.3, 0.4) is 0 Å². The number of benzene rings is 2. The van der Waals surface area contributed by atoms with E-state index in [1.165, 1.54) is 24.0 Å². The maximum Gasteiger partial charge on any atom is 0.318 e. The first-order valence-corrected chi connectivity index (χ1v) is 9.63. The highest BCUT2D eigenvalue weighted by Gasteiger charge is 2.23. The predicted molar refractivity (Wildman–Crippen MR) is 115 cm³/mol. The fraction of sp³-hybridized carbons (Fsp3) is 0.143. The first kappa shape index (κ1) is 21.3. The molecular weight excluding hydrogens is 454 g/mol. The molecule has 0 atom stereocenters. The highest BCUT2D eigenvalue weighted by molar-refractivity contribution is 9.10. The van der Waals surface area contributed by atoms with Gasteiger partial charge in [-0.25, -0.2) is 0 Å². The van der Waals surface area contributed by atoms with E-state index < -0.39 is 10.7 Å². The van der Waals surface area contributed by atoms with Crippen LogP contribution in [-0.4, -0.2) is 27.6 Å². The van der Waals surface area contributed by atoms with E-state index in [0.29, 0.717) is 17.1 Å². The minimum Gasteiger partial charge on any atom is -0.496 e. The Labute approximate surface area is 181 Å². The monoisotopic (exact) mass is 471 g/mol. The van der Waals surface area contributed by atoms with Crippen LogP contribution in [0.1, 0.15) is 21.6 Å². The van der Waals surface area contributed by atoms with E-state index >= 15 is 0 Å². The van der Waals surface area contributed by atoms with Gasteiger partial charge in [-0.1, -0.05) is 24.3 Å². The second-order valence-corrected chi connectivity index (χ2v) is 7.14. The number of rotatable bonds is 8. The van der Waals surface area contributed by atoms with Gasteiger partial charge in [-0.15, -0.1) is 0 Å². The molecule has 1 heterocycles. The Morgan fingerprint density at radius 3 is 2.73 bits per heavy atom. The van der Waals surface area contributed by atoms with Crippen LogP contribution in [0.4, 0.5) is 5.69 Å². The van der Waals surface area contributed by atoms with Crippen LogP contribution in [0.25, 0.3) is 6.08 Å². The van der Waals surface area contributed by atoms with E-state index in [2.05, 4.69) is 21.0 Å². The summed E-state index contributed by atoms with van der Waals surface area (Å²) in [6.45, 7) is 0.257. The molecule has 9 heteroatoms. The molecule has 0 spiro atoms. The van der Waals surface area contributed by atoms with Crippen molar-refractivity contribution in [2.24, 2.45) is 7.05 Å². The van der Waals surface area contributed by atoms with E-state index in [1.54, 1.807) is 25.3 Å². The minimum atomic E-state index is -0.626. The van der Waals surface area contributed by atoms with Gasteiger partial charge in [0.1, 0.15) is 24.3 Å². The van der Waals surface area contributed by atoms with Crippen LogP contribution in [0.2, 0.25) is 0 Å². The summed E-state index contributed by atoms with van der Waals surface area (Å²) in [6.07, 6.45) is 4.03. The lowest BCUT2D eigenvalue weighted by molar-refractivity contribution is -0.385. The maximum atomic E-state index is 12.4. The summed E-state index contributed by atoms with van der Waals surface area (Å²) in [5, 5.41) is 15.0. The molecule has 0 aliphatic carbocycles. The number of allylic oxidation sites excluding steroid dienone is 1. The average molecular weight is 472 g/mol. The van der Waals surface area contributed by atoms with Crippen molar-refractivity contribution < 1.29 is 19.2 Å². The SMILES string of the molecule is COc1ccc(/C=C/C(=O)c2nn(C)cc2[N+](=O)[O-])cc1COc1ccccc1Br. The number of para-hydroxylation sites is 1. The molecule has 154 valence electrons. The van der Waals surface area contributed by atoms with Crippen LogP contribution >= 0.6 is 15.9 Å². The van der Waals surface area contributed by atoms with E-state index in [-0.39, 0.29) is 18.0 Å². The summed E-state index contributed by atoms with van der Waals surface area (Å²) >= 11 is 3.44. The molecule has 8 nitrogen and oxygen atoms in total. The Bertz CT molecular complexity index is 1120. The number of halogens is 1. The highest BCUT2D eigenvalue weighted by atomic mass is 79.9. The van der Waals surface area contributed by atoms with Crippen molar-refractivity contribution in [3.8, 4) is 11.5 Å². The number of ketones is 1. The molecule has 0 bridgehead atoms. The zero-order valence-electron chi connectivity index (χ0n) is 16.2. The fourth-order valence-electron chi connectivity index (χ4n) is 2.77. The molecular formula is C21H18BrN3O5. The number of aryl methyl sites for hydroxylation is 1. The highest BCUT2D eigenvalue weighted by Crippen LogP contribution is 2.27. The lowest BCUT2D eigenvalue weighted by Gasteiger charge is -2.12. The maximum absolute atomic E-state index is 12.4. The molecule has 30 heavy (non-hydrogen) atoms. The number of nitrogens with zero attached hydrogens (tertiary/aromatic N) is 3. The number of carbonyl (C=O) groups excluding carboxylic acids is 1. The topological polar surface area (TPSA) is 96.5 Å². The van der Waals surface area contributed by atoms with Crippen molar-refractivity contribution in [2.45, 2.75) is 6.61 Å². The molecule has 0 aliphatic rings. The van der Waals surface area contributed by atoms with Crippen molar-refractivity contribution in [3.63, 3.8) is 0 Å². The quantitative estimate of drug-likeness (QED) is 0.206. The van der Waals surface area contributed by atoms with Gasteiger partial charge in [0.25, 0.3) is 0 Å². The van der Waals surface area contributed by atoms with Gasteiger partial charge in [0.05, 0.1) is 16.5 Å². The summed E-state index contributed by atoms with van der Waals surface area (Å²) in [6, 6.07) is 12.9. The molecule has 1 aromatic heterocycles. The number of methoxy groups -OCH3 is 1. The van der Waals surface area contributed by atoms with Crippen LogP contribution in [0, 0.1) is 10.1 Å². The van der Waals surface area contributed by atoms with Gasteiger partial charge in [-0.05, 0) is 51.8 Å². The van der Waals surface area contributed by atoms with Gasteiger partial charge in [-0.2, -0.15) is 5.10 Å². The number of hydrogen-bond acceptors (Lipinski definition) is 6. The molecule has 0 radical (unpaired) electrons. The summed E-state index contributed by atoms with van der Waals surface area (Å²) in [5.41, 5.74) is 0.967. The Kier molecular flexibility index (Phi) is 6.63. The smallest absolute Gasteiger partial charge is 0.318 e. The summed E-state index contributed by atoms with van der Waals surface area (Å²) in [7, 11) is 3.09. The summed E-state index contributed by atoms with van der Waals surface area (Å²) in [4.78, 5) is 22.9. The lowest BCUT2D eigenvalue weighted by atomic mass is 10.1. The van der Waals surface area contributed by atoms with E-state index in [4.69, 9.17) is 9.47 Å². The van der Waals surface area contributed by atoms with Crippen LogP contribution in [-0.2, 0) is 13.7 Å². The number of carbonyl (C=O) groups is 1. The molecule has 0 fully saturated rings. The van der Waals surface area contributed by atoms with E-state index in [1.807, 2.05) is 30.3 Å². The summed E-state index contributed by atoms with van der Waals surface area (Å²) < 4.78 is 13.3. The van der Waals surface area contributed by atoms with Crippen molar-refractivity contribution in [2.75, 3.05) is 7.11 Å². The van der Waals surface area contributed by atoms with Crippen LogP contribution in [0.5, 0.6) is 11.5 Å². The van der Waals surface area contributed by atoms with Crippen LogP contribution in [0.15, 0.2) is 59.2 Å². The molecule has 3 rings (SSSR count). The van der Waals surface area contributed by atoms with Gasteiger partial charge >= 0.3 is 5.69 Å². The Hall–Kier alpha value is -3.46. The molecule has 0 saturated carbocycles. The molecule has 0 amide bonds. The van der Waals surface area contributed by atoms with Gasteiger partial charge in [-0.3, -0.25) is 19.6 Å². The van der Waals surface area contributed by atoms with E-state index in [0.717, 1.165) is 10.0 Å². The molecule has 0 unspecified atom stereocenters. The summed E-state index contributed by atoms with van der Waals surface area (Å²) in [5.74, 6) is 0.785. The number of nitro groups is 1. The van der Waals surface area contributed by atoms with Crippen molar-refractivity contribution in [3.05, 3.63) is 86.1 Å². The van der Waals surface area contributed by atoms with Gasteiger partial charge in [0, 0.05) is 12.6 Å². The second kappa shape index (κ2) is 9.36. The van der Waals surface area contributed by atoms with Crippen molar-refractivity contribution in [1.82, 2.24) is 9.78 Å². The number of aromatic nitrogens is 2. The molecule has 2 aromatic carbocycles. The third-order valence-electron chi connectivity index (χ3n) is 4.19. The average Bonchev–Trinajstić information content (AvgIpc) is 3.13. The lowest BCUT2D eigenvalue weighted by Crippen LogP contribution is -2.01. The van der Waals surface area contributed by atoms with Crippen molar-refractivity contribution >= 4 is 33.5 Å². The standard InChI is InChI=1S/C21H18BrN3O5/c1-24-12-17(25(27)28)21(23-24)18(26)9-7-14-8-10-19(29-2)15(11-14)13-30-20-6-4-3-5-16(20)22/h3-12H,13H2,1-2H3/b9-7+. The molecule has 0 N–H and O–H groups in total. The first-order valence-electron chi connectivity index (χ1n) is 8.83. The van der Waals surface area contributed by atoms with Gasteiger partial charge < -0.3 is 9.47 Å². The Morgan fingerprint density at radius 1 is 1.27 bits per heavy atom. The minimum absolute atomic E-state index is 0.204. The number of ether oxygens (including phenoxy) is 2. The molecule has 3 aromatic rings. The largest absolute Gasteiger partial charge is 0.496 e. The van der Waals surface area contributed by atoms with Crippen molar-refractivity contribution in [1.29, 1.82) is 0 Å². The Balaban J connectivity index is 1.80. The fourth-order valence-corrected chi connectivity index (χ4v) is 3.17. The number of hydrogen-bond donors (Lipinski definition) is 0. The second-order valence-electron chi connectivity index (χ2n) is 6.28. The van der Waals surface area contributed by atoms with Crippen LogP contribution < -0.4 is 9.47 Å². The molecule has 0 saturated heterocycles. The van der Waals surface area contributed by atoms with Gasteiger partial charge in [0.2, 0.25) is 11.5 Å². The zero-order chi connectivity index (χ0) is 21.7. The zero-order valence-corrected chi connectivity index (χ0v) is 17.8. The van der Waals surface area contributed by atoms with Gasteiger partial charge in [0.15, 0.2) is 0 Å². The predicted octanol–water partition coefficient (Wildman–Crippen LogP) is 4.57. The van der Waals surface area contributed by atoms with E-state index in [9.17, 15) is 14.9 Å². The molecule has 0 aliphatic heterocycles. The first-order chi connectivity index (χ1) is 14.4. The third kappa shape index (κ3) is 4.93. The normalized spacial score (nSPS) is 10.9.